The van der Waals surface area contributed by atoms with Crippen molar-refractivity contribution in [2.45, 2.75) is 0 Å². The Kier molecular flexibility index (Phi) is 6.42. The zero-order chi connectivity index (χ0) is 33.0. The van der Waals surface area contributed by atoms with Crippen molar-refractivity contribution in [3.63, 3.8) is 0 Å². The molecule has 50 heavy (non-hydrogen) atoms. The summed E-state index contributed by atoms with van der Waals surface area (Å²) in [5.41, 5.74) is 10.5. The van der Waals surface area contributed by atoms with Gasteiger partial charge in [0.1, 0.15) is 22.3 Å². The molecule has 0 saturated heterocycles. The van der Waals surface area contributed by atoms with E-state index in [0.29, 0.717) is 17.5 Å². The number of nitrogens with zero attached hydrogens (tertiary/aromatic N) is 3. The lowest BCUT2D eigenvalue weighted by Crippen LogP contribution is -2.00. The number of fused-ring (bicyclic) bond motifs is 6. The van der Waals surface area contributed by atoms with Gasteiger partial charge in [0.2, 0.25) is 0 Å². The van der Waals surface area contributed by atoms with E-state index < -0.39 is 0 Å². The molecule has 3 aromatic heterocycles. The van der Waals surface area contributed by atoms with Crippen molar-refractivity contribution in [2.75, 3.05) is 0 Å². The Morgan fingerprint density at radius 1 is 0.320 bits per heavy atom. The van der Waals surface area contributed by atoms with Crippen LogP contribution in [0.1, 0.15) is 0 Å². The first kappa shape index (κ1) is 28.2. The third kappa shape index (κ3) is 4.60. The number of benzene rings is 7. The largest absolute Gasteiger partial charge is 0.456 e. The van der Waals surface area contributed by atoms with Gasteiger partial charge in [-0.05, 0) is 52.6 Å². The molecule has 5 heteroatoms. The maximum Gasteiger partial charge on any atom is 0.167 e. The minimum atomic E-state index is 0.563. The lowest BCUT2D eigenvalue weighted by Gasteiger charge is -2.11. The molecule has 0 unspecified atom stereocenters. The van der Waals surface area contributed by atoms with Gasteiger partial charge in [0, 0.05) is 32.7 Å². The molecule has 0 aliphatic carbocycles. The molecule has 234 valence electrons. The summed E-state index contributed by atoms with van der Waals surface area (Å²) in [5.74, 6) is 1.79. The van der Waals surface area contributed by atoms with Crippen LogP contribution in [0.15, 0.2) is 173 Å². The van der Waals surface area contributed by atoms with Crippen molar-refractivity contribution in [3.05, 3.63) is 164 Å². The van der Waals surface area contributed by atoms with E-state index in [1.807, 2.05) is 91.0 Å². The second-order valence-corrected chi connectivity index (χ2v) is 12.4. The van der Waals surface area contributed by atoms with Crippen molar-refractivity contribution < 1.29 is 8.83 Å². The fourth-order valence-electron chi connectivity index (χ4n) is 7.04. The quantitative estimate of drug-likeness (QED) is 0.187. The normalized spacial score (nSPS) is 11.6. The average molecular weight is 642 g/mol. The molecule has 10 rings (SSSR count). The molecule has 10 aromatic rings. The highest BCUT2D eigenvalue weighted by molar-refractivity contribution is 6.14. The highest BCUT2D eigenvalue weighted by atomic mass is 16.3. The van der Waals surface area contributed by atoms with Gasteiger partial charge < -0.3 is 8.83 Å². The zero-order valence-electron chi connectivity index (χ0n) is 26.7. The summed E-state index contributed by atoms with van der Waals surface area (Å²) in [6.45, 7) is 0. The predicted molar refractivity (Wildman–Crippen MR) is 202 cm³/mol. The van der Waals surface area contributed by atoms with Crippen LogP contribution in [0, 0.1) is 0 Å². The summed E-state index contributed by atoms with van der Waals surface area (Å²) in [5, 5.41) is 4.27. The average Bonchev–Trinajstić information content (AvgIpc) is 3.77. The molecule has 3 heterocycles. The van der Waals surface area contributed by atoms with Crippen LogP contribution in [-0.2, 0) is 0 Å². The number of hydrogen-bond donors (Lipinski definition) is 0. The molecule has 0 amide bonds. The van der Waals surface area contributed by atoms with Crippen LogP contribution in [0.4, 0.5) is 0 Å². The van der Waals surface area contributed by atoms with Crippen LogP contribution >= 0.6 is 0 Å². The Labute approximate surface area is 287 Å². The molecule has 0 saturated carbocycles. The smallest absolute Gasteiger partial charge is 0.167 e. The summed E-state index contributed by atoms with van der Waals surface area (Å²) in [4.78, 5) is 14.8. The first-order valence-corrected chi connectivity index (χ1v) is 16.6. The minimum absolute atomic E-state index is 0.563. The van der Waals surface area contributed by atoms with E-state index in [0.717, 1.165) is 82.8 Å². The van der Waals surface area contributed by atoms with Crippen LogP contribution in [0.5, 0.6) is 0 Å². The van der Waals surface area contributed by atoms with E-state index in [9.17, 15) is 0 Å². The fourth-order valence-corrected chi connectivity index (χ4v) is 7.04. The zero-order valence-corrected chi connectivity index (χ0v) is 26.7. The summed E-state index contributed by atoms with van der Waals surface area (Å²) in [6, 6.07) is 55.8. The maximum atomic E-state index is 6.62. The monoisotopic (exact) mass is 641 g/mol. The first-order valence-electron chi connectivity index (χ1n) is 16.6. The Morgan fingerprint density at radius 3 is 1.66 bits per heavy atom. The van der Waals surface area contributed by atoms with E-state index >= 15 is 0 Å². The molecule has 0 spiro atoms. The molecule has 0 fully saturated rings. The van der Waals surface area contributed by atoms with Gasteiger partial charge in [0.05, 0.1) is 5.56 Å². The van der Waals surface area contributed by atoms with Gasteiger partial charge in [0.25, 0.3) is 0 Å². The number of rotatable bonds is 5. The molecule has 0 atom stereocenters. The summed E-state index contributed by atoms with van der Waals surface area (Å²) < 4.78 is 12.9. The van der Waals surface area contributed by atoms with E-state index in [-0.39, 0.29) is 0 Å². The highest BCUT2D eigenvalue weighted by Gasteiger charge is 2.19. The maximum absolute atomic E-state index is 6.62. The van der Waals surface area contributed by atoms with Crippen molar-refractivity contribution >= 4 is 43.9 Å². The van der Waals surface area contributed by atoms with Gasteiger partial charge in [-0.2, -0.15) is 0 Å². The fraction of sp³-hybridized carbons (Fsp3) is 0. The van der Waals surface area contributed by atoms with Crippen LogP contribution in [-0.4, -0.2) is 15.0 Å². The molecule has 0 radical (unpaired) electrons. The van der Waals surface area contributed by atoms with Gasteiger partial charge in [-0.25, -0.2) is 15.0 Å². The van der Waals surface area contributed by atoms with Crippen LogP contribution < -0.4 is 0 Å². The molecule has 0 bridgehead atoms. The van der Waals surface area contributed by atoms with Gasteiger partial charge >= 0.3 is 0 Å². The summed E-state index contributed by atoms with van der Waals surface area (Å²) in [7, 11) is 0. The second-order valence-electron chi connectivity index (χ2n) is 12.4. The van der Waals surface area contributed by atoms with Crippen LogP contribution in [0.2, 0.25) is 0 Å². The Balaban J connectivity index is 1.14. The molecular formula is C45H27N3O2. The summed E-state index contributed by atoms with van der Waals surface area (Å²) >= 11 is 0. The molecule has 0 N–H and O–H groups in total. The third-order valence-electron chi connectivity index (χ3n) is 9.37. The van der Waals surface area contributed by atoms with Gasteiger partial charge in [0.15, 0.2) is 17.5 Å². The summed E-state index contributed by atoms with van der Waals surface area (Å²) in [6.07, 6.45) is 0. The standard InChI is InChI=1S/C45H27N3O2/c1-3-13-28(14-4-1)43-46-44(29-15-5-2-6-16-29)48-45(47-43)36-22-11-21-34-37-27-30(25-26-39(37)50-42(34)36)31-17-7-8-18-32(31)33-20-12-24-40-41(33)35-19-9-10-23-38(35)49-40/h1-27H. The van der Waals surface area contributed by atoms with Crippen LogP contribution in [0.3, 0.4) is 0 Å². The number of hydrogen-bond acceptors (Lipinski definition) is 5. The molecular weight excluding hydrogens is 615 g/mol. The SMILES string of the molecule is c1ccc(-c2nc(-c3ccccc3)nc(-c3cccc4c3oc3ccc(-c5ccccc5-c5cccc6oc7ccccc7c56)cc34)n2)cc1. The van der Waals surface area contributed by atoms with Crippen molar-refractivity contribution in [2.24, 2.45) is 0 Å². The number of aromatic nitrogens is 3. The minimum Gasteiger partial charge on any atom is -0.456 e. The molecule has 7 aromatic carbocycles. The van der Waals surface area contributed by atoms with E-state index in [2.05, 4.69) is 72.8 Å². The van der Waals surface area contributed by atoms with Gasteiger partial charge in [-0.3, -0.25) is 0 Å². The second kappa shape index (κ2) is 11.4. The first-order chi connectivity index (χ1) is 24.8. The molecule has 0 aliphatic heterocycles. The molecule has 0 aliphatic rings. The topological polar surface area (TPSA) is 65.0 Å². The third-order valence-corrected chi connectivity index (χ3v) is 9.37. The van der Waals surface area contributed by atoms with E-state index in [4.69, 9.17) is 23.8 Å². The Hall–Kier alpha value is -6.85. The number of furan rings is 2. The lowest BCUT2D eigenvalue weighted by atomic mass is 9.91. The van der Waals surface area contributed by atoms with Crippen molar-refractivity contribution in [3.8, 4) is 56.4 Å². The Morgan fingerprint density at radius 2 is 0.880 bits per heavy atom. The molecule has 5 nitrogen and oxygen atoms in total. The predicted octanol–water partition coefficient (Wildman–Crippen LogP) is 12.0. The Bertz CT molecular complexity index is 2810. The van der Waals surface area contributed by atoms with Crippen LogP contribution in [0.25, 0.3) is 100 Å². The van der Waals surface area contributed by atoms with Crippen molar-refractivity contribution in [1.82, 2.24) is 15.0 Å². The van der Waals surface area contributed by atoms with Crippen molar-refractivity contribution in [1.29, 1.82) is 0 Å². The lowest BCUT2D eigenvalue weighted by molar-refractivity contribution is 0.669. The highest BCUT2D eigenvalue weighted by Crippen LogP contribution is 2.42. The van der Waals surface area contributed by atoms with E-state index in [1.54, 1.807) is 0 Å². The van der Waals surface area contributed by atoms with Gasteiger partial charge in [-0.15, -0.1) is 0 Å². The van der Waals surface area contributed by atoms with E-state index in [1.165, 1.54) is 0 Å². The van der Waals surface area contributed by atoms with Gasteiger partial charge in [-0.1, -0.05) is 133 Å². The number of para-hydroxylation sites is 2.